The maximum absolute atomic E-state index is 12.9. The topological polar surface area (TPSA) is 71.3 Å². The number of Topliss-reactive ketones (excluding diaryl/α,β-unsaturated/α-hetero) is 1. The van der Waals surface area contributed by atoms with Gasteiger partial charge in [-0.25, -0.2) is 0 Å². The van der Waals surface area contributed by atoms with Gasteiger partial charge in [-0.15, -0.1) is 0 Å². The highest BCUT2D eigenvalue weighted by atomic mass is 16.3. The van der Waals surface area contributed by atoms with Gasteiger partial charge in [0.25, 0.3) is 0 Å². The van der Waals surface area contributed by atoms with Gasteiger partial charge in [0.2, 0.25) is 0 Å². The Balaban J connectivity index is 1.58. The third-order valence-corrected chi connectivity index (χ3v) is 5.48. The second kappa shape index (κ2) is 7.09. The molecule has 2 heterocycles. The molecule has 144 valence electrons. The molecule has 0 radical (unpaired) electrons. The zero-order chi connectivity index (χ0) is 19.8. The molecule has 1 atom stereocenters. The summed E-state index contributed by atoms with van der Waals surface area (Å²) in [5.74, 6) is 0.769. The molecule has 0 spiro atoms. The maximum atomic E-state index is 12.9. The summed E-state index contributed by atoms with van der Waals surface area (Å²) >= 11 is 0. The molecule has 0 fully saturated rings. The van der Waals surface area contributed by atoms with Crippen molar-refractivity contribution in [1.82, 2.24) is 0 Å². The largest absolute Gasteiger partial charge is 0.467 e. The molecule has 0 amide bonds. The summed E-state index contributed by atoms with van der Waals surface area (Å²) in [4.78, 5) is 25.7. The van der Waals surface area contributed by atoms with Crippen molar-refractivity contribution in [3.63, 3.8) is 0 Å². The van der Waals surface area contributed by atoms with Crippen molar-refractivity contribution in [2.75, 3.05) is 10.6 Å². The number of carbonyl (C=O) groups excluding carboxylic acids is 2. The number of anilines is 2. The van der Waals surface area contributed by atoms with Gasteiger partial charge >= 0.3 is 0 Å². The number of benzene rings is 2. The van der Waals surface area contributed by atoms with Gasteiger partial charge in [0.1, 0.15) is 11.8 Å². The molecule has 1 aliphatic heterocycles. The molecule has 0 saturated carbocycles. The van der Waals surface area contributed by atoms with Crippen molar-refractivity contribution in [2.24, 2.45) is 0 Å². The third kappa shape index (κ3) is 3.14. The van der Waals surface area contributed by atoms with Crippen LogP contribution < -0.4 is 10.6 Å². The summed E-state index contributed by atoms with van der Waals surface area (Å²) in [5, 5.41) is 6.88. The van der Waals surface area contributed by atoms with Gasteiger partial charge in [0, 0.05) is 28.8 Å². The Morgan fingerprint density at radius 2 is 1.79 bits per heavy atom. The lowest BCUT2D eigenvalue weighted by atomic mass is 9.89. The van der Waals surface area contributed by atoms with Crippen molar-refractivity contribution < 1.29 is 14.0 Å². The van der Waals surface area contributed by atoms with Crippen LogP contribution in [0.15, 0.2) is 82.6 Å². The van der Waals surface area contributed by atoms with Gasteiger partial charge in [0.05, 0.1) is 17.6 Å². The molecular weight excluding hydrogens is 364 g/mol. The van der Waals surface area contributed by atoms with Crippen LogP contribution in [0.4, 0.5) is 11.4 Å². The summed E-state index contributed by atoms with van der Waals surface area (Å²) in [5.41, 5.74) is 4.51. The second-order valence-electron chi connectivity index (χ2n) is 7.34. The molecule has 0 bridgehead atoms. The SMILES string of the molecule is O=C1CCCC2=C1C(c1ccco1)Nc1cc(C(=O)c3ccccc3)ccc1N2. The van der Waals surface area contributed by atoms with Crippen molar-refractivity contribution in [2.45, 2.75) is 25.3 Å². The summed E-state index contributed by atoms with van der Waals surface area (Å²) in [6, 6.07) is 18.1. The molecule has 1 aliphatic carbocycles. The molecule has 5 rings (SSSR count). The average molecular weight is 384 g/mol. The first-order valence-electron chi connectivity index (χ1n) is 9.78. The number of furan rings is 1. The molecule has 0 saturated heterocycles. The Morgan fingerprint density at radius 1 is 0.931 bits per heavy atom. The number of allylic oxidation sites excluding steroid dienone is 1. The summed E-state index contributed by atoms with van der Waals surface area (Å²) in [6.45, 7) is 0. The molecule has 3 aromatic rings. The third-order valence-electron chi connectivity index (χ3n) is 5.48. The van der Waals surface area contributed by atoms with E-state index in [1.165, 1.54) is 0 Å². The minimum atomic E-state index is -0.386. The van der Waals surface area contributed by atoms with E-state index in [0.29, 0.717) is 23.3 Å². The van der Waals surface area contributed by atoms with E-state index >= 15 is 0 Å². The molecule has 29 heavy (non-hydrogen) atoms. The highest BCUT2D eigenvalue weighted by molar-refractivity contribution is 6.10. The number of rotatable bonds is 3. The number of ketones is 2. The molecule has 2 aliphatic rings. The van der Waals surface area contributed by atoms with E-state index in [-0.39, 0.29) is 17.6 Å². The summed E-state index contributed by atoms with van der Waals surface area (Å²) in [7, 11) is 0. The number of hydrogen-bond donors (Lipinski definition) is 2. The minimum Gasteiger partial charge on any atom is -0.467 e. The van der Waals surface area contributed by atoms with Gasteiger partial charge in [-0.05, 0) is 43.2 Å². The van der Waals surface area contributed by atoms with E-state index in [0.717, 1.165) is 35.5 Å². The normalized spacial score (nSPS) is 18.2. The van der Waals surface area contributed by atoms with E-state index in [2.05, 4.69) is 10.6 Å². The fraction of sp³-hybridized carbons (Fsp3) is 0.167. The van der Waals surface area contributed by atoms with Crippen molar-refractivity contribution in [3.05, 3.63) is 95.1 Å². The van der Waals surface area contributed by atoms with Crippen LogP contribution in [0.5, 0.6) is 0 Å². The molecule has 5 nitrogen and oxygen atoms in total. The summed E-state index contributed by atoms with van der Waals surface area (Å²) < 4.78 is 5.64. The van der Waals surface area contributed by atoms with E-state index < -0.39 is 0 Å². The van der Waals surface area contributed by atoms with E-state index in [1.54, 1.807) is 6.26 Å². The first kappa shape index (κ1) is 17.5. The predicted octanol–water partition coefficient (Wildman–Crippen LogP) is 5.10. The first-order valence-corrected chi connectivity index (χ1v) is 9.78. The molecule has 1 unspecified atom stereocenters. The van der Waals surface area contributed by atoms with Crippen molar-refractivity contribution >= 4 is 22.9 Å². The lowest BCUT2D eigenvalue weighted by Gasteiger charge is -2.23. The van der Waals surface area contributed by atoms with Crippen LogP contribution in [-0.4, -0.2) is 11.6 Å². The van der Waals surface area contributed by atoms with Crippen LogP contribution in [0, 0.1) is 0 Å². The van der Waals surface area contributed by atoms with Gasteiger partial charge in [-0.1, -0.05) is 30.3 Å². The number of nitrogens with one attached hydrogen (secondary N) is 2. The maximum Gasteiger partial charge on any atom is 0.193 e. The average Bonchev–Trinajstić information content (AvgIpc) is 3.23. The van der Waals surface area contributed by atoms with Gasteiger partial charge in [-0.2, -0.15) is 0 Å². The van der Waals surface area contributed by atoms with E-state index in [1.807, 2.05) is 60.7 Å². The zero-order valence-corrected chi connectivity index (χ0v) is 15.8. The van der Waals surface area contributed by atoms with E-state index in [4.69, 9.17) is 4.42 Å². The molecular formula is C24H20N2O3. The Bertz CT molecular complexity index is 1110. The monoisotopic (exact) mass is 384 g/mol. The quantitative estimate of drug-likeness (QED) is 0.615. The van der Waals surface area contributed by atoms with Crippen LogP contribution in [-0.2, 0) is 4.79 Å². The van der Waals surface area contributed by atoms with Crippen molar-refractivity contribution in [1.29, 1.82) is 0 Å². The van der Waals surface area contributed by atoms with E-state index in [9.17, 15) is 9.59 Å². The predicted molar refractivity (Wildman–Crippen MR) is 111 cm³/mol. The minimum absolute atomic E-state index is 0.0391. The Morgan fingerprint density at radius 3 is 2.59 bits per heavy atom. The molecule has 2 aromatic carbocycles. The van der Waals surface area contributed by atoms with Crippen LogP contribution in [0.3, 0.4) is 0 Å². The number of fused-ring (bicyclic) bond motifs is 1. The summed E-state index contributed by atoms with van der Waals surface area (Å²) in [6.07, 6.45) is 3.78. The molecule has 1 aromatic heterocycles. The fourth-order valence-corrected chi connectivity index (χ4v) is 4.06. The number of hydrogen-bond acceptors (Lipinski definition) is 5. The molecule has 2 N–H and O–H groups in total. The lowest BCUT2D eigenvalue weighted by Crippen LogP contribution is -2.23. The van der Waals surface area contributed by atoms with Gasteiger partial charge in [0.15, 0.2) is 11.6 Å². The smallest absolute Gasteiger partial charge is 0.193 e. The number of carbonyl (C=O) groups is 2. The lowest BCUT2D eigenvalue weighted by molar-refractivity contribution is -0.116. The standard InChI is InChI=1S/C24H20N2O3/c27-20-9-4-8-18-22(20)23(21-10-5-13-29-21)26-19-14-16(11-12-17(19)25-18)24(28)15-6-2-1-3-7-15/h1-3,5-7,10-14,23,25-26H,4,8-9H2. The zero-order valence-electron chi connectivity index (χ0n) is 15.8. The second-order valence-corrected chi connectivity index (χ2v) is 7.34. The van der Waals surface area contributed by atoms with Crippen LogP contribution in [0.1, 0.15) is 47.0 Å². The first-order chi connectivity index (χ1) is 14.2. The highest BCUT2D eigenvalue weighted by Crippen LogP contribution is 2.41. The van der Waals surface area contributed by atoms with Crippen LogP contribution >= 0.6 is 0 Å². The van der Waals surface area contributed by atoms with Crippen molar-refractivity contribution in [3.8, 4) is 0 Å². The van der Waals surface area contributed by atoms with Crippen LogP contribution in [0.2, 0.25) is 0 Å². The Kier molecular flexibility index (Phi) is 4.28. The fourth-order valence-electron chi connectivity index (χ4n) is 4.06. The van der Waals surface area contributed by atoms with Crippen LogP contribution in [0.25, 0.3) is 0 Å². The Hall–Kier alpha value is -3.60. The highest BCUT2D eigenvalue weighted by Gasteiger charge is 2.33. The van der Waals surface area contributed by atoms with Gasteiger partial charge < -0.3 is 15.1 Å². The van der Waals surface area contributed by atoms with Gasteiger partial charge in [-0.3, -0.25) is 9.59 Å². The Labute approximate surface area is 168 Å². The molecule has 5 heteroatoms.